The first kappa shape index (κ1) is 18.6. The number of allylic oxidation sites excluding steroid dienone is 1. The van der Waals surface area contributed by atoms with Gasteiger partial charge in [-0.15, -0.1) is 33.2 Å². The first-order valence-corrected chi connectivity index (χ1v) is 13.4. The molecule has 114 valence electrons. The van der Waals surface area contributed by atoms with Crippen molar-refractivity contribution >= 4 is 50.6 Å². The predicted octanol–water partition coefficient (Wildman–Crippen LogP) is 7.16. The zero-order valence-corrected chi connectivity index (χ0v) is 15.9. The smallest absolute Gasteiger partial charge is 0.152 e. The summed E-state index contributed by atoms with van der Waals surface area (Å²) in [6.45, 7) is 0. The van der Waals surface area contributed by atoms with E-state index in [1.165, 1.54) is 56.9 Å². The molecule has 1 heterocycles. The van der Waals surface area contributed by atoms with Gasteiger partial charge in [-0.3, -0.25) is 0 Å². The van der Waals surface area contributed by atoms with Crippen LogP contribution < -0.4 is 0 Å². The molecule has 0 radical (unpaired) electrons. The van der Waals surface area contributed by atoms with Gasteiger partial charge in [0.05, 0.1) is 0 Å². The number of rotatable bonds is 11. The number of thiophene rings is 1. The van der Waals surface area contributed by atoms with Crippen LogP contribution in [0.3, 0.4) is 0 Å². The highest BCUT2D eigenvalue weighted by molar-refractivity contribution is 7.66. The normalized spacial score (nSPS) is 12.3. The van der Waals surface area contributed by atoms with Crippen molar-refractivity contribution in [1.29, 1.82) is 0 Å². The molecule has 0 aliphatic carbocycles. The zero-order chi connectivity index (χ0) is 14.7. The van der Waals surface area contributed by atoms with Crippen LogP contribution in [0.1, 0.15) is 56.9 Å². The van der Waals surface area contributed by atoms with E-state index in [0.29, 0.717) is 0 Å². The van der Waals surface area contributed by atoms with Crippen LogP contribution in [-0.4, -0.2) is 6.00 Å². The standard InChI is InChI=1S/C15H23Cl3SSi/c16-20(17,18)13-9-7-5-3-1-2-4-6-8-10-15-11-12-19-14-15/h9,11-14H,1-8,10H2. The molecule has 0 amide bonds. The van der Waals surface area contributed by atoms with Crippen molar-refractivity contribution in [3.05, 3.63) is 34.2 Å². The van der Waals surface area contributed by atoms with Crippen LogP contribution in [0.4, 0.5) is 0 Å². The fraction of sp³-hybridized carbons (Fsp3) is 0.600. The van der Waals surface area contributed by atoms with Crippen molar-refractivity contribution in [3.8, 4) is 0 Å². The number of hydrogen-bond donors (Lipinski definition) is 0. The first-order chi connectivity index (χ1) is 9.58. The van der Waals surface area contributed by atoms with Crippen molar-refractivity contribution in [1.82, 2.24) is 0 Å². The summed E-state index contributed by atoms with van der Waals surface area (Å²) >= 11 is 19.1. The van der Waals surface area contributed by atoms with Gasteiger partial charge in [-0.1, -0.05) is 43.9 Å². The molecule has 0 saturated heterocycles. The van der Waals surface area contributed by atoms with Crippen LogP contribution in [-0.2, 0) is 6.42 Å². The van der Waals surface area contributed by atoms with Crippen LogP contribution in [0.5, 0.6) is 0 Å². The van der Waals surface area contributed by atoms with E-state index in [4.69, 9.17) is 33.2 Å². The summed E-state index contributed by atoms with van der Waals surface area (Å²) in [5, 5.41) is 4.42. The van der Waals surface area contributed by atoms with E-state index in [2.05, 4.69) is 16.8 Å². The Labute approximate surface area is 142 Å². The van der Waals surface area contributed by atoms with Crippen LogP contribution in [0.15, 0.2) is 28.6 Å². The van der Waals surface area contributed by atoms with E-state index in [0.717, 1.165) is 6.42 Å². The van der Waals surface area contributed by atoms with Gasteiger partial charge < -0.3 is 0 Å². The lowest BCUT2D eigenvalue weighted by Crippen LogP contribution is -2.02. The van der Waals surface area contributed by atoms with E-state index >= 15 is 0 Å². The summed E-state index contributed by atoms with van der Waals surface area (Å²) in [5.74, 6) is 0. The summed E-state index contributed by atoms with van der Waals surface area (Å²) in [5.41, 5.74) is 3.28. The second-order valence-electron chi connectivity index (χ2n) is 5.09. The molecule has 0 spiro atoms. The van der Waals surface area contributed by atoms with Gasteiger partial charge in [0.25, 0.3) is 0 Å². The third-order valence-electron chi connectivity index (χ3n) is 3.22. The highest BCUT2D eigenvalue weighted by Gasteiger charge is 2.19. The molecular weight excluding hydrogens is 347 g/mol. The number of halogens is 3. The van der Waals surface area contributed by atoms with Crippen molar-refractivity contribution < 1.29 is 0 Å². The van der Waals surface area contributed by atoms with Gasteiger partial charge in [-0.25, -0.2) is 0 Å². The van der Waals surface area contributed by atoms with Crippen molar-refractivity contribution in [2.75, 3.05) is 0 Å². The Morgan fingerprint density at radius 1 is 0.950 bits per heavy atom. The highest BCUT2D eigenvalue weighted by atomic mass is 35.8. The SMILES string of the molecule is Cl[Si](Cl)(Cl)C=CCCCCCCCCCc1ccsc1. The molecule has 0 fully saturated rings. The minimum Gasteiger partial charge on any atom is -0.152 e. The molecule has 1 aromatic rings. The lowest BCUT2D eigenvalue weighted by molar-refractivity contribution is 0.581. The maximum absolute atomic E-state index is 5.76. The van der Waals surface area contributed by atoms with Gasteiger partial charge in [-0.2, -0.15) is 11.3 Å². The van der Waals surface area contributed by atoms with Gasteiger partial charge in [0.15, 0.2) is 0 Å². The molecule has 0 aliphatic rings. The number of aryl methyl sites for hydroxylation is 1. The predicted molar refractivity (Wildman–Crippen MR) is 97.4 cm³/mol. The monoisotopic (exact) mass is 368 g/mol. The Balaban J connectivity index is 1.82. The molecule has 0 N–H and O–H groups in total. The van der Waals surface area contributed by atoms with E-state index in [-0.39, 0.29) is 0 Å². The summed E-state index contributed by atoms with van der Waals surface area (Å²) in [4.78, 5) is 0. The van der Waals surface area contributed by atoms with Crippen molar-refractivity contribution in [2.45, 2.75) is 57.8 Å². The molecule has 1 rings (SSSR count). The van der Waals surface area contributed by atoms with Gasteiger partial charge in [0.1, 0.15) is 0 Å². The fourth-order valence-electron chi connectivity index (χ4n) is 2.13. The maximum Gasteiger partial charge on any atom is 0.365 e. The minimum atomic E-state index is -2.53. The fourth-order valence-corrected chi connectivity index (χ4v) is 4.07. The third-order valence-corrected chi connectivity index (χ3v) is 5.70. The summed E-state index contributed by atoms with van der Waals surface area (Å²) < 4.78 is 0. The van der Waals surface area contributed by atoms with Gasteiger partial charge in [0, 0.05) is 0 Å². The Morgan fingerprint density at radius 3 is 2.20 bits per heavy atom. The Hall–Kier alpha value is 0.527. The average molecular weight is 370 g/mol. The van der Waals surface area contributed by atoms with Crippen LogP contribution in [0.25, 0.3) is 0 Å². The maximum atomic E-state index is 5.76. The molecule has 5 heteroatoms. The van der Waals surface area contributed by atoms with E-state index in [9.17, 15) is 0 Å². The zero-order valence-electron chi connectivity index (χ0n) is 11.8. The van der Waals surface area contributed by atoms with E-state index in [1.807, 2.05) is 6.08 Å². The molecule has 0 aliphatic heterocycles. The van der Waals surface area contributed by atoms with Gasteiger partial charge in [-0.05, 0) is 48.1 Å². The van der Waals surface area contributed by atoms with E-state index in [1.54, 1.807) is 17.0 Å². The summed E-state index contributed by atoms with van der Waals surface area (Å²) in [7, 11) is 0. The number of unbranched alkanes of at least 4 members (excludes halogenated alkanes) is 7. The molecule has 0 bridgehead atoms. The van der Waals surface area contributed by atoms with Gasteiger partial charge in [0.2, 0.25) is 0 Å². The molecule has 0 nitrogen and oxygen atoms in total. The van der Waals surface area contributed by atoms with E-state index < -0.39 is 6.00 Å². The second-order valence-corrected chi connectivity index (χ2v) is 14.4. The largest absolute Gasteiger partial charge is 0.365 e. The van der Waals surface area contributed by atoms with Gasteiger partial charge >= 0.3 is 6.00 Å². The Bertz CT molecular complexity index is 358. The molecular formula is C15H23Cl3SSi. The lowest BCUT2D eigenvalue weighted by Gasteiger charge is -2.01. The average Bonchev–Trinajstić information content (AvgIpc) is 2.87. The molecule has 0 unspecified atom stereocenters. The molecule has 0 aromatic carbocycles. The van der Waals surface area contributed by atoms with Crippen LogP contribution >= 0.6 is 44.6 Å². The number of hydrogen-bond acceptors (Lipinski definition) is 1. The van der Waals surface area contributed by atoms with Crippen LogP contribution in [0, 0.1) is 0 Å². The summed E-state index contributed by atoms with van der Waals surface area (Å²) in [6, 6.07) is -0.299. The molecule has 0 atom stereocenters. The lowest BCUT2D eigenvalue weighted by atomic mass is 10.1. The minimum absolute atomic E-state index is 1.04. The van der Waals surface area contributed by atoms with Crippen molar-refractivity contribution in [2.24, 2.45) is 0 Å². The first-order valence-electron chi connectivity index (χ1n) is 7.33. The highest BCUT2D eigenvalue weighted by Crippen LogP contribution is 2.21. The van der Waals surface area contributed by atoms with Crippen LogP contribution in [0.2, 0.25) is 0 Å². The summed E-state index contributed by atoms with van der Waals surface area (Å²) in [6.07, 6.45) is 13.5. The second kappa shape index (κ2) is 11.1. The molecule has 20 heavy (non-hydrogen) atoms. The topological polar surface area (TPSA) is 0 Å². The molecule has 1 aromatic heterocycles. The Kier molecular flexibility index (Phi) is 10.3. The Morgan fingerprint density at radius 2 is 1.60 bits per heavy atom. The third kappa shape index (κ3) is 11.2. The van der Waals surface area contributed by atoms with Crippen molar-refractivity contribution in [3.63, 3.8) is 0 Å². The molecule has 0 saturated carbocycles. The quantitative estimate of drug-likeness (QED) is 0.220.